The molecule has 1 rings (SSSR count). The molecule has 1 aromatic heterocycles. The second kappa shape index (κ2) is 12.9. The van der Waals surface area contributed by atoms with Crippen molar-refractivity contribution >= 4 is 11.5 Å². The van der Waals surface area contributed by atoms with Crippen molar-refractivity contribution in [3.63, 3.8) is 0 Å². The largest absolute Gasteiger partial charge is 2.00 e. The Bertz CT molecular complexity index is 273. The van der Waals surface area contributed by atoms with E-state index in [4.69, 9.17) is 5.73 Å². The zero-order chi connectivity index (χ0) is 7.56. The van der Waals surface area contributed by atoms with Gasteiger partial charge in [0.1, 0.15) is 0 Å². The number of rotatable bonds is 1. The third-order valence-electron chi connectivity index (χ3n) is 1.06. The molecule has 0 amide bonds. The van der Waals surface area contributed by atoms with Gasteiger partial charge in [-0.05, 0) is 6.07 Å². The van der Waals surface area contributed by atoms with E-state index in [0.29, 0.717) is 0 Å². The van der Waals surface area contributed by atoms with Crippen molar-refractivity contribution < 1.29 is 52.2 Å². The molecule has 15 heavy (non-hydrogen) atoms. The minimum atomic E-state index is -0.536. The summed E-state index contributed by atoms with van der Waals surface area (Å²) in [6, 6.07) is 2.86. The molecule has 1 aromatic rings. The molecule has 1 heterocycles. The van der Waals surface area contributed by atoms with Crippen LogP contribution in [-0.4, -0.2) is 4.92 Å². The first-order valence-corrected chi connectivity index (χ1v) is 2.62. The van der Waals surface area contributed by atoms with Crippen LogP contribution in [0.2, 0.25) is 0 Å². The average molecular weight is 390 g/mol. The predicted molar refractivity (Wildman–Crippen MR) is 36.8 cm³/mol. The second-order valence-corrected chi connectivity index (χ2v) is 1.73. The first kappa shape index (κ1) is 29.2. The van der Waals surface area contributed by atoms with Crippen LogP contribution in [-0.2, 0) is 42.3 Å². The Kier molecular flexibility index (Phi) is 25.0. The van der Waals surface area contributed by atoms with E-state index in [0.717, 1.165) is 0 Å². The number of nitrogens with zero attached hydrogens (tertiary/aromatic N) is 1. The van der Waals surface area contributed by atoms with Gasteiger partial charge < -0.3 is 21.9 Å². The molecule has 91 valence electrons. The van der Waals surface area contributed by atoms with Gasteiger partial charge in [0.05, 0.1) is 11.1 Å². The molecule has 0 unspecified atom stereocenters. The van der Waals surface area contributed by atoms with Gasteiger partial charge >= 0.3 is 11.5 Å². The molecule has 10 heteroatoms. The van der Waals surface area contributed by atoms with Gasteiger partial charge in [-0.2, -0.15) is 0 Å². The Balaban J connectivity index is -0.0000000667. The summed E-state index contributed by atoms with van der Waals surface area (Å²) in [5, 5.41) is 10.1. The van der Waals surface area contributed by atoms with E-state index >= 15 is 0 Å². The molecule has 0 saturated heterocycles. The third kappa shape index (κ3) is 7.89. The molecule has 0 aliphatic heterocycles. The maximum Gasteiger partial charge on any atom is 0.357 e. The van der Waals surface area contributed by atoms with Gasteiger partial charge in [0, 0.05) is 26.5 Å². The van der Waals surface area contributed by atoms with Crippen LogP contribution in [0.15, 0.2) is 18.3 Å². The number of nitrogen functional groups attached to an aromatic ring is 1. The van der Waals surface area contributed by atoms with E-state index in [1.165, 1.54) is 18.3 Å². The number of anilines is 1. The van der Waals surface area contributed by atoms with Crippen LogP contribution < -0.4 is 10.7 Å². The first-order valence-electron chi connectivity index (χ1n) is 2.62. The van der Waals surface area contributed by atoms with Crippen LogP contribution in [0, 0.1) is 10.1 Å². The molecule has 0 spiro atoms. The summed E-state index contributed by atoms with van der Waals surface area (Å²) in [4.78, 5) is 12.1. The van der Waals surface area contributed by atoms with Crippen molar-refractivity contribution in [2.45, 2.75) is 0 Å². The Morgan fingerprint density at radius 3 is 2.00 bits per heavy atom. The second-order valence-electron chi connectivity index (χ2n) is 1.73. The van der Waals surface area contributed by atoms with Crippen LogP contribution in [0.25, 0.3) is 0 Å². The average Bonchev–Trinajstić information content (AvgIpc) is 1.88. The molecule has 3 N–H and O–H groups in total. The van der Waals surface area contributed by atoms with Crippen LogP contribution in [0.3, 0.4) is 0 Å². The molecule has 0 fully saturated rings. The number of aromatic nitrogens is 1. The minimum absolute atomic E-state index is 0. The fourth-order valence-corrected chi connectivity index (χ4v) is 0.600. The molecular formula is C5H6N3O6Re-7. The quantitative estimate of drug-likeness (QED) is 0.499. The van der Waals surface area contributed by atoms with Gasteiger partial charge in [-0.15, -0.1) is 0 Å². The van der Waals surface area contributed by atoms with Crippen molar-refractivity contribution in [2.75, 3.05) is 5.73 Å². The van der Waals surface area contributed by atoms with E-state index in [1.807, 2.05) is 0 Å². The van der Waals surface area contributed by atoms with Gasteiger partial charge in [0.15, 0.2) is 0 Å². The van der Waals surface area contributed by atoms with Crippen LogP contribution >= 0.6 is 0 Å². The fourth-order valence-electron chi connectivity index (χ4n) is 0.600. The summed E-state index contributed by atoms with van der Waals surface area (Å²) in [6.45, 7) is 0. The summed E-state index contributed by atoms with van der Waals surface area (Å²) in [7, 11) is 0. The maximum atomic E-state index is 10.1. The number of H-pyrrole nitrogens is 1. The molecule has 0 aliphatic carbocycles. The zero-order valence-corrected chi connectivity index (χ0v) is 9.80. The molecule has 0 aliphatic rings. The summed E-state index contributed by atoms with van der Waals surface area (Å²) in [5.74, 6) is 0.0764. The summed E-state index contributed by atoms with van der Waals surface area (Å²) < 4.78 is 0. The smallest absolute Gasteiger partial charge is 0.357 e. The van der Waals surface area contributed by atoms with Gasteiger partial charge in [-0.1, -0.05) is 0 Å². The van der Waals surface area contributed by atoms with Gasteiger partial charge in [-0.3, -0.25) is 15.8 Å². The summed E-state index contributed by atoms with van der Waals surface area (Å²) in [5.41, 5.74) is 5.13. The van der Waals surface area contributed by atoms with E-state index in [2.05, 4.69) is 4.98 Å². The van der Waals surface area contributed by atoms with Crippen molar-refractivity contribution in [3.8, 4) is 0 Å². The number of nitro groups is 1. The summed E-state index contributed by atoms with van der Waals surface area (Å²) >= 11 is 0. The van der Waals surface area contributed by atoms with Crippen LogP contribution in [0.4, 0.5) is 11.5 Å². The number of pyridine rings is 1. The zero-order valence-electron chi connectivity index (χ0n) is 7.08. The topological polar surface area (TPSA) is 197 Å². The summed E-state index contributed by atoms with van der Waals surface area (Å²) in [6.07, 6.45) is 1.53. The van der Waals surface area contributed by atoms with E-state index in [9.17, 15) is 10.1 Å². The Labute approximate surface area is 98.3 Å². The standard InChI is InChI=1S/C5H5N3O2.4O.Re/c6-5-4(8(9)10)2-1-3-7-5;;;;;/h1-3H,(H2,6,7);;;;;/q;4*-2;/p+1. The molecule has 9 nitrogen and oxygen atoms in total. The van der Waals surface area contributed by atoms with Gasteiger partial charge in [-0.25, -0.2) is 4.98 Å². The van der Waals surface area contributed by atoms with E-state index in [1.54, 1.807) is 0 Å². The molecule has 0 bridgehead atoms. The number of hydrogen-bond acceptors (Lipinski definition) is 3. The SMILES string of the molecule is Nc1[nH+]cccc1[N+](=O)[O-].[O-2].[O-2].[O-2].[O-2].[Re]. The molecule has 0 atom stereocenters. The number of nitrogens with two attached hydrogens (primary N) is 1. The number of hydrogen-bond donors (Lipinski definition) is 1. The van der Waals surface area contributed by atoms with Crippen LogP contribution in [0.1, 0.15) is 0 Å². The Morgan fingerprint density at radius 2 is 1.73 bits per heavy atom. The molecule has 0 aromatic carbocycles. The first-order chi connectivity index (χ1) is 4.72. The molecular weight excluding hydrogens is 384 g/mol. The monoisotopic (exact) mass is 391 g/mol. The van der Waals surface area contributed by atoms with Gasteiger partial charge in [0.25, 0.3) is 0 Å². The van der Waals surface area contributed by atoms with Crippen molar-refractivity contribution in [1.82, 2.24) is 0 Å². The van der Waals surface area contributed by atoms with Crippen molar-refractivity contribution in [3.05, 3.63) is 28.4 Å². The third-order valence-corrected chi connectivity index (χ3v) is 1.06. The van der Waals surface area contributed by atoms with Gasteiger partial charge in [0.2, 0.25) is 0 Å². The molecule has 1 radical (unpaired) electrons. The fraction of sp³-hybridized carbons (Fsp3) is 0. The van der Waals surface area contributed by atoms with E-state index in [-0.39, 0.29) is 53.8 Å². The Hall–Kier alpha value is -1.15. The normalized spacial score (nSPS) is 6.13. The molecule has 0 saturated carbocycles. The van der Waals surface area contributed by atoms with Crippen LogP contribution in [0.5, 0.6) is 0 Å². The maximum absolute atomic E-state index is 10.1. The van der Waals surface area contributed by atoms with Crippen molar-refractivity contribution in [1.29, 1.82) is 0 Å². The predicted octanol–water partition coefficient (Wildman–Crippen LogP) is -0.487. The number of aromatic amines is 1. The van der Waals surface area contributed by atoms with E-state index < -0.39 is 4.92 Å². The minimum Gasteiger partial charge on any atom is -2.00 e. The number of nitrogens with one attached hydrogen (secondary N) is 1. The van der Waals surface area contributed by atoms with Crippen molar-refractivity contribution in [2.24, 2.45) is 0 Å². The Morgan fingerprint density at radius 1 is 1.27 bits per heavy atom.